The van der Waals surface area contributed by atoms with Crippen molar-refractivity contribution in [2.24, 2.45) is 5.73 Å². The maximum atomic E-state index is 10.7. The number of carbonyl (C=O) groups is 1. The van der Waals surface area contributed by atoms with Crippen LogP contribution < -0.4 is 5.73 Å². The lowest BCUT2D eigenvalue weighted by Crippen LogP contribution is -2.15. The molecule has 0 heterocycles. The lowest BCUT2D eigenvalue weighted by molar-refractivity contribution is -0.138. The summed E-state index contributed by atoms with van der Waals surface area (Å²) >= 11 is 3.88. The molecule has 0 aromatic carbocycles. The van der Waals surface area contributed by atoms with E-state index in [9.17, 15) is 4.79 Å². The molecule has 0 saturated carbocycles. The largest absolute Gasteiger partial charge is 0.461 e. The predicted octanol–water partition coefficient (Wildman–Crippen LogP) is 0.670. The molecule has 58 valence electrons. The quantitative estimate of drug-likeness (QED) is 0.355. The Kier molecular flexibility index (Phi) is 3.95. The molecule has 0 amide bonds. The molecular formula is C6H11NO2S. The lowest BCUT2D eigenvalue weighted by Gasteiger charge is -2.01. The standard InChI is InChI=1S/C6H11NO2S/c1-3-9-6(8)5(7)4(2)10/h10H,3,7H2,1-2H3/b5-4-. The van der Waals surface area contributed by atoms with Gasteiger partial charge in [-0.25, -0.2) is 4.79 Å². The molecule has 0 rings (SSSR count). The highest BCUT2D eigenvalue weighted by Gasteiger charge is 2.06. The zero-order chi connectivity index (χ0) is 8.15. The van der Waals surface area contributed by atoms with E-state index in [1.807, 2.05) is 0 Å². The predicted molar refractivity (Wildman–Crippen MR) is 42.5 cm³/mol. The molecular weight excluding hydrogens is 150 g/mol. The summed E-state index contributed by atoms with van der Waals surface area (Å²) in [6, 6.07) is 0. The van der Waals surface area contributed by atoms with E-state index in [2.05, 4.69) is 17.4 Å². The van der Waals surface area contributed by atoms with E-state index in [-0.39, 0.29) is 5.70 Å². The van der Waals surface area contributed by atoms with Gasteiger partial charge in [-0.15, -0.1) is 12.6 Å². The summed E-state index contributed by atoms with van der Waals surface area (Å²) in [5.74, 6) is -0.505. The van der Waals surface area contributed by atoms with Crippen molar-refractivity contribution in [3.63, 3.8) is 0 Å². The summed E-state index contributed by atoms with van der Waals surface area (Å²) in [5.41, 5.74) is 5.35. The van der Waals surface area contributed by atoms with Gasteiger partial charge in [-0.05, 0) is 13.8 Å². The van der Waals surface area contributed by atoms with E-state index in [4.69, 9.17) is 5.73 Å². The molecule has 0 aromatic heterocycles. The Morgan fingerprint density at radius 3 is 2.50 bits per heavy atom. The molecule has 0 saturated heterocycles. The Hall–Kier alpha value is -0.640. The maximum Gasteiger partial charge on any atom is 0.354 e. The van der Waals surface area contributed by atoms with Crippen molar-refractivity contribution < 1.29 is 9.53 Å². The lowest BCUT2D eigenvalue weighted by atomic mass is 10.4. The zero-order valence-corrected chi connectivity index (χ0v) is 6.94. The van der Waals surface area contributed by atoms with E-state index in [0.717, 1.165) is 0 Å². The Morgan fingerprint density at radius 1 is 1.70 bits per heavy atom. The fourth-order valence-electron chi connectivity index (χ4n) is 0.357. The second-order valence-corrected chi connectivity index (χ2v) is 2.39. The van der Waals surface area contributed by atoms with Crippen molar-refractivity contribution in [3.8, 4) is 0 Å². The van der Waals surface area contributed by atoms with E-state index < -0.39 is 5.97 Å². The number of hydrogen-bond donors (Lipinski definition) is 2. The first kappa shape index (κ1) is 9.36. The maximum absolute atomic E-state index is 10.7. The third kappa shape index (κ3) is 2.77. The number of esters is 1. The van der Waals surface area contributed by atoms with E-state index in [1.54, 1.807) is 13.8 Å². The summed E-state index contributed by atoms with van der Waals surface area (Å²) in [4.78, 5) is 11.2. The number of carbonyl (C=O) groups excluding carboxylic acids is 1. The fraction of sp³-hybridized carbons (Fsp3) is 0.500. The summed E-state index contributed by atoms with van der Waals surface area (Å²) in [6.07, 6.45) is 0. The highest BCUT2D eigenvalue weighted by Crippen LogP contribution is 2.03. The van der Waals surface area contributed by atoms with Crippen molar-refractivity contribution in [1.29, 1.82) is 0 Å². The molecule has 0 aliphatic rings. The molecule has 3 nitrogen and oxygen atoms in total. The Bertz CT molecular complexity index is 161. The number of nitrogens with two attached hydrogens (primary N) is 1. The topological polar surface area (TPSA) is 52.3 Å². The van der Waals surface area contributed by atoms with Crippen molar-refractivity contribution >= 4 is 18.6 Å². The van der Waals surface area contributed by atoms with Crippen molar-refractivity contribution in [2.75, 3.05) is 6.61 Å². The summed E-state index contributed by atoms with van der Waals surface area (Å²) in [5, 5.41) is 0. The number of ether oxygens (including phenoxy) is 1. The Labute approximate surface area is 65.6 Å². The van der Waals surface area contributed by atoms with Crippen LogP contribution in [-0.2, 0) is 9.53 Å². The number of rotatable bonds is 2. The molecule has 0 fully saturated rings. The molecule has 0 aliphatic carbocycles. The van der Waals surface area contributed by atoms with Gasteiger partial charge in [-0.2, -0.15) is 0 Å². The minimum Gasteiger partial charge on any atom is -0.461 e. The van der Waals surface area contributed by atoms with Crippen LogP contribution in [0, 0.1) is 0 Å². The van der Waals surface area contributed by atoms with Gasteiger partial charge in [0, 0.05) is 4.91 Å². The van der Waals surface area contributed by atoms with Gasteiger partial charge in [0.05, 0.1) is 6.61 Å². The second-order valence-electron chi connectivity index (χ2n) is 1.72. The highest BCUT2D eigenvalue weighted by molar-refractivity contribution is 7.84. The molecule has 10 heavy (non-hydrogen) atoms. The van der Waals surface area contributed by atoms with Crippen LogP contribution in [0.5, 0.6) is 0 Å². The summed E-state index contributed by atoms with van der Waals surface area (Å²) in [6.45, 7) is 3.69. The first-order valence-electron chi connectivity index (χ1n) is 2.92. The number of allylic oxidation sites excluding steroid dienone is 1. The van der Waals surface area contributed by atoms with Crippen LogP contribution in [0.2, 0.25) is 0 Å². The molecule has 0 radical (unpaired) electrons. The Morgan fingerprint density at radius 2 is 2.20 bits per heavy atom. The van der Waals surface area contributed by atoms with Gasteiger partial charge in [0.2, 0.25) is 0 Å². The third-order valence-electron chi connectivity index (χ3n) is 0.885. The van der Waals surface area contributed by atoms with Crippen LogP contribution in [0.25, 0.3) is 0 Å². The second kappa shape index (κ2) is 4.22. The number of thiol groups is 1. The smallest absolute Gasteiger partial charge is 0.354 e. The van der Waals surface area contributed by atoms with Crippen LogP contribution in [-0.4, -0.2) is 12.6 Å². The van der Waals surface area contributed by atoms with Gasteiger partial charge in [0.1, 0.15) is 5.70 Å². The van der Waals surface area contributed by atoms with Crippen LogP contribution in [0.4, 0.5) is 0 Å². The van der Waals surface area contributed by atoms with Crippen LogP contribution in [0.15, 0.2) is 10.6 Å². The van der Waals surface area contributed by atoms with Crippen LogP contribution >= 0.6 is 12.6 Å². The van der Waals surface area contributed by atoms with Gasteiger partial charge in [0.25, 0.3) is 0 Å². The Balaban J connectivity index is 4.09. The monoisotopic (exact) mass is 161 g/mol. The molecule has 0 aromatic rings. The molecule has 0 unspecified atom stereocenters. The average Bonchev–Trinajstić information content (AvgIpc) is 1.87. The third-order valence-corrected chi connectivity index (χ3v) is 1.13. The van der Waals surface area contributed by atoms with Crippen molar-refractivity contribution in [3.05, 3.63) is 10.6 Å². The first-order chi connectivity index (χ1) is 4.59. The highest BCUT2D eigenvalue weighted by atomic mass is 32.1. The SMILES string of the molecule is CCOC(=O)/C(N)=C(\C)S. The van der Waals surface area contributed by atoms with Gasteiger partial charge in [-0.1, -0.05) is 0 Å². The van der Waals surface area contributed by atoms with E-state index >= 15 is 0 Å². The minimum atomic E-state index is -0.505. The van der Waals surface area contributed by atoms with E-state index in [1.165, 1.54) is 0 Å². The van der Waals surface area contributed by atoms with Gasteiger partial charge < -0.3 is 10.5 Å². The average molecular weight is 161 g/mol. The minimum absolute atomic E-state index is 0.0742. The summed E-state index contributed by atoms with van der Waals surface area (Å²) in [7, 11) is 0. The molecule has 2 N–H and O–H groups in total. The van der Waals surface area contributed by atoms with Gasteiger partial charge in [-0.3, -0.25) is 0 Å². The number of hydrogen-bond acceptors (Lipinski definition) is 4. The molecule has 0 spiro atoms. The van der Waals surface area contributed by atoms with Crippen molar-refractivity contribution in [1.82, 2.24) is 0 Å². The molecule has 0 aliphatic heterocycles. The summed E-state index contributed by atoms with van der Waals surface area (Å²) < 4.78 is 4.59. The fourth-order valence-corrected chi connectivity index (χ4v) is 0.448. The van der Waals surface area contributed by atoms with Gasteiger partial charge >= 0.3 is 5.97 Å². The molecule has 0 bridgehead atoms. The van der Waals surface area contributed by atoms with Crippen molar-refractivity contribution in [2.45, 2.75) is 13.8 Å². The first-order valence-corrected chi connectivity index (χ1v) is 3.36. The normalized spacial score (nSPS) is 12.3. The van der Waals surface area contributed by atoms with Crippen LogP contribution in [0.3, 0.4) is 0 Å². The van der Waals surface area contributed by atoms with E-state index in [0.29, 0.717) is 11.5 Å². The molecule has 0 atom stereocenters. The molecule has 4 heteroatoms. The van der Waals surface area contributed by atoms with Crippen LogP contribution in [0.1, 0.15) is 13.8 Å². The van der Waals surface area contributed by atoms with Gasteiger partial charge in [0.15, 0.2) is 0 Å². The zero-order valence-electron chi connectivity index (χ0n) is 6.05.